The van der Waals surface area contributed by atoms with Gasteiger partial charge in [-0.2, -0.15) is 0 Å². The minimum absolute atomic E-state index is 0.198. The number of rotatable bonds is 4. The molecule has 3 N–H and O–H groups in total. The highest BCUT2D eigenvalue weighted by molar-refractivity contribution is 6.30. The summed E-state index contributed by atoms with van der Waals surface area (Å²) in [5, 5.41) is 3.81. The number of guanidine groups is 1. The van der Waals surface area contributed by atoms with Crippen LogP contribution >= 0.6 is 11.6 Å². The third-order valence-corrected chi connectivity index (χ3v) is 4.45. The van der Waals surface area contributed by atoms with E-state index in [2.05, 4.69) is 10.3 Å². The number of ether oxygens (including phenoxy) is 1. The van der Waals surface area contributed by atoms with Crippen LogP contribution in [-0.2, 0) is 0 Å². The lowest BCUT2D eigenvalue weighted by atomic mass is 10.0. The molecule has 0 spiro atoms. The zero-order valence-corrected chi connectivity index (χ0v) is 15.2. The van der Waals surface area contributed by atoms with Gasteiger partial charge in [-0.3, -0.25) is 0 Å². The van der Waals surface area contributed by atoms with E-state index in [0.717, 1.165) is 28.3 Å². The highest BCUT2D eigenvalue weighted by atomic mass is 35.5. The molecule has 0 fully saturated rings. The van der Waals surface area contributed by atoms with Gasteiger partial charge in [0.15, 0.2) is 5.96 Å². The first-order valence-electron chi connectivity index (χ1n) is 8.58. The summed E-state index contributed by atoms with van der Waals surface area (Å²) in [6.07, 6.45) is 2.04. The molecule has 3 aromatic carbocycles. The Labute approximate surface area is 163 Å². The summed E-state index contributed by atoms with van der Waals surface area (Å²) in [6, 6.07) is 25.0. The maximum Gasteiger partial charge on any atom is 0.194 e. The molecule has 0 bridgehead atoms. The maximum atomic E-state index is 6.02. The van der Waals surface area contributed by atoms with Crippen LogP contribution in [0.1, 0.15) is 17.2 Å². The average Bonchev–Trinajstić information content (AvgIpc) is 2.69. The minimum Gasteiger partial charge on any atom is -0.457 e. The van der Waals surface area contributed by atoms with Gasteiger partial charge >= 0.3 is 0 Å². The Kier molecular flexibility index (Phi) is 4.81. The molecule has 1 aliphatic rings. The van der Waals surface area contributed by atoms with Crippen molar-refractivity contribution in [2.24, 2.45) is 10.7 Å². The second-order valence-corrected chi connectivity index (χ2v) is 6.60. The van der Waals surface area contributed by atoms with E-state index in [-0.39, 0.29) is 6.04 Å². The zero-order chi connectivity index (χ0) is 18.6. The summed E-state index contributed by atoms with van der Waals surface area (Å²) in [6.45, 7) is 0. The first kappa shape index (κ1) is 17.2. The van der Waals surface area contributed by atoms with Crippen molar-refractivity contribution in [1.29, 1.82) is 0 Å². The van der Waals surface area contributed by atoms with Gasteiger partial charge in [0.05, 0.1) is 6.04 Å². The summed E-state index contributed by atoms with van der Waals surface area (Å²) < 4.78 is 5.93. The summed E-state index contributed by atoms with van der Waals surface area (Å²) in [5.41, 5.74) is 8.92. The fourth-order valence-corrected chi connectivity index (χ4v) is 3.04. The molecule has 0 amide bonds. The van der Waals surface area contributed by atoms with Crippen molar-refractivity contribution >= 4 is 23.3 Å². The number of nitrogens with two attached hydrogens (primary N) is 1. The molecule has 27 heavy (non-hydrogen) atoms. The quantitative estimate of drug-likeness (QED) is 0.664. The van der Waals surface area contributed by atoms with Crippen LogP contribution in [0.3, 0.4) is 0 Å². The van der Waals surface area contributed by atoms with Crippen molar-refractivity contribution in [2.45, 2.75) is 6.04 Å². The fourth-order valence-electron chi connectivity index (χ4n) is 2.91. The molecule has 1 heterocycles. The molecule has 0 radical (unpaired) electrons. The smallest absolute Gasteiger partial charge is 0.194 e. The fraction of sp³-hybridized carbons (Fsp3) is 0.0455. The van der Waals surface area contributed by atoms with Gasteiger partial charge < -0.3 is 15.8 Å². The van der Waals surface area contributed by atoms with E-state index in [1.807, 2.05) is 84.9 Å². The molecule has 1 atom stereocenters. The lowest BCUT2D eigenvalue weighted by molar-refractivity contribution is 0.481. The SMILES string of the molecule is NC1=NC(c2cccc(Oc3ccccc3)c2)C=C(c2ccc(Cl)cc2)N1. The van der Waals surface area contributed by atoms with Gasteiger partial charge in [0.25, 0.3) is 0 Å². The second kappa shape index (κ2) is 7.56. The van der Waals surface area contributed by atoms with Gasteiger partial charge in [-0.1, -0.05) is 54.1 Å². The van der Waals surface area contributed by atoms with Gasteiger partial charge in [0.1, 0.15) is 11.5 Å². The Hall–Kier alpha value is -3.24. The maximum absolute atomic E-state index is 6.02. The Balaban J connectivity index is 1.62. The van der Waals surface area contributed by atoms with Gasteiger partial charge in [-0.15, -0.1) is 0 Å². The first-order chi connectivity index (χ1) is 13.2. The van der Waals surface area contributed by atoms with Crippen molar-refractivity contribution in [3.8, 4) is 11.5 Å². The second-order valence-electron chi connectivity index (χ2n) is 6.16. The van der Waals surface area contributed by atoms with Gasteiger partial charge in [0.2, 0.25) is 0 Å². The number of halogens is 1. The van der Waals surface area contributed by atoms with Gasteiger partial charge in [0, 0.05) is 10.7 Å². The molecular weight excluding hydrogens is 358 g/mol. The summed E-state index contributed by atoms with van der Waals surface area (Å²) >= 11 is 5.99. The van der Waals surface area contributed by atoms with Crippen LogP contribution in [0.25, 0.3) is 5.70 Å². The van der Waals surface area contributed by atoms with Crippen molar-refractivity contribution < 1.29 is 4.74 Å². The monoisotopic (exact) mass is 375 g/mol. The van der Waals surface area contributed by atoms with Crippen LogP contribution in [0.4, 0.5) is 0 Å². The highest BCUT2D eigenvalue weighted by Gasteiger charge is 2.17. The molecule has 0 aliphatic carbocycles. The van der Waals surface area contributed by atoms with Crippen LogP contribution in [0.15, 0.2) is 89.9 Å². The first-order valence-corrected chi connectivity index (χ1v) is 8.96. The molecule has 134 valence electrons. The van der Waals surface area contributed by atoms with E-state index >= 15 is 0 Å². The number of aliphatic imine (C=N–C) groups is 1. The topological polar surface area (TPSA) is 59.6 Å². The van der Waals surface area contributed by atoms with Crippen molar-refractivity contribution in [1.82, 2.24) is 5.32 Å². The average molecular weight is 376 g/mol. The Morgan fingerprint density at radius 2 is 1.63 bits per heavy atom. The predicted molar refractivity (Wildman–Crippen MR) is 110 cm³/mol. The van der Waals surface area contributed by atoms with Gasteiger partial charge in [-0.25, -0.2) is 4.99 Å². The Morgan fingerprint density at radius 1 is 0.889 bits per heavy atom. The normalized spacial score (nSPS) is 16.1. The molecule has 0 saturated carbocycles. The Bertz CT molecular complexity index is 998. The third-order valence-electron chi connectivity index (χ3n) is 4.20. The van der Waals surface area contributed by atoms with Gasteiger partial charge in [-0.05, 0) is 53.6 Å². The van der Waals surface area contributed by atoms with E-state index in [1.165, 1.54) is 0 Å². The largest absolute Gasteiger partial charge is 0.457 e. The molecule has 0 saturated heterocycles. The molecule has 1 unspecified atom stereocenters. The highest BCUT2D eigenvalue weighted by Crippen LogP contribution is 2.30. The number of hydrogen-bond acceptors (Lipinski definition) is 4. The van der Waals surface area contributed by atoms with E-state index in [9.17, 15) is 0 Å². The van der Waals surface area contributed by atoms with Crippen molar-refractivity contribution in [3.63, 3.8) is 0 Å². The molecule has 3 aromatic rings. The summed E-state index contributed by atoms with van der Waals surface area (Å²) in [7, 11) is 0. The van der Waals surface area contributed by atoms with Crippen LogP contribution in [0, 0.1) is 0 Å². The lowest BCUT2D eigenvalue weighted by Gasteiger charge is -2.21. The van der Waals surface area contributed by atoms with Crippen LogP contribution in [-0.4, -0.2) is 5.96 Å². The van der Waals surface area contributed by atoms with E-state index in [0.29, 0.717) is 11.0 Å². The molecule has 5 heteroatoms. The van der Waals surface area contributed by atoms with Crippen LogP contribution in [0.2, 0.25) is 5.02 Å². The van der Waals surface area contributed by atoms with E-state index in [4.69, 9.17) is 22.1 Å². The molecule has 1 aliphatic heterocycles. The number of nitrogens with zero attached hydrogens (tertiary/aromatic N) is 1. The molecule has 0 aromatic heterocycles. The summed E-state index contributed by atoms with van der Waals surface area (Å²) in [5.74, 6) is 1.93. The zero-order valence-electron chi connectivity index (χ0n) is 14.5. The minimum atomic E-state index is -0.198. The molecule has 4 nitrogen and oxygen atoms in total. The van der Waals surface area contributed by atoms with Crippen LogP contribution in [0.5, 0.6) is 11.5 Å². The molecular formula is C22H18ClN3O. The van der Waals surface area contributed by atoms with Crippen molar-refractivity contribution in [2.75, 3.05) is 0 Å². The Morgan fingerprint density at radius 3 is 2.41 bits per heavy atom. The number of nitrogens with one attached hydrogen (secondary N) is 1. The summed E-state index contributed by atoms with van der Waals surface area (Å²) in [4.78, 5) is 4.52. The van der Waals surface area contributed by atoms with E-state index in [1.54, 1.807) is 0 Å². The number of hydrogen-bond donors (Lipinski definition) is 2. The number of benzene rings is 3. The van der Waals surface area contributed by atoms with E-state index < -0.39 is 0 Å². The van der Waals surface area contributed by atoms with Crippen molar-refractivity contribution in [3.05, 3.63) is 101 Å². The van der Waals surface area contributed by atoms with Crippen LogP contribution < -0.4 is 15.8 Å². The standard InChI is InChI=1S/C22H18ClN3O/c23-17-11-9-15(10-12-17)20-14-21(26-22(24)25-20)16-5-4-8-19(13-16)27-18-6-2-1-3-7-18/h1-14,21H,(H3,24,25,26). The lowest BCUT2D eigenvalue weighted by Crippen LogP contribution is -2.33. The molecule has 4 rings (SSSR count). The predicted octanol–water partition coefficient (Wildman–Crippen LogP) is 5.13. The number of para-hydroxylation sites is 1. The third kappa shape index (κ3) is 4.13.